The van der Waals surface area contributed by atoms with Crippen LogP contribution < -0.4 is 5.32 Å². The van der Waals surface area contributed by atoms with Crippen molar-refractivity contribution in [3.8, 4) is 17.1 Å². The topological polar surface area (TPSA) is 94.6 Å². The molecular weight excluding hydrogens is 318 g/mol. The van der Waals surface area contributed by atoms with E-state index in [1.165, 1.54) is 6.33 Å². The zero-order chi connectivity index (χ0) is 17.1. The average molecular weight is 333 g/mol. The highest BCUT2D eigenvalue weighted by Gasteiger charge is 2.08. The molecule has 4 rings (SSSR count). The molecule has 1 N–H and O–H groups in total. The second kappa shape index (κ2) is 6.52. The van der Waals surface area contributed by atoms with E-state index in [-0.39, 0.29) is 0 Å². The van der Waals surface area contributed by atoms with Gasteiger partial charge >= 0.3 is 0 Å². The fourth-order valence-corrected chi connectivity index (χ4v) is 2.44. The van der Waals surface area contributed by atoms with E-state index in [9.17, 15) is 0 Å². The summed E-state index contributed by atoms with van der Waals surface area (Å²) in [6.07, 6.45) is 4.90. The fraction of sp³-hybridized carbons (Fsp3) is 0.118. The highest BCUT2D eigenvalue weighted by molar-refractivity contribution is 5.54. The third kappa shape index (κ3) is 3.23. The lowest BCUT2D eigenvalue weighted by atomic mass is 10.2. The largest absolute Gasteiger partial charge is 0.366 e. The molecule has 3 heterocycles. The van der Waals surface area contributed by atoms with Crippen molar-refractivity contribution >= 4 is 5.82 Å². The monoisotopic (exact) mass is 333 g/mol. The number of hydrogen-bond acceptors (Lipinski definition) is 7. The minimum atomic E-state index is 0.466. The Balaban J connectivity index is 1.49. The number of para-hydroxylation sites is 1. The summed E-state index contributed by atoms with van der Waals surface area (Å²) in [5.74, 6) is 1.82. The van der Waals surface area contributed by atoms with Gasteiger partial charge in [0.25, 0.3) is 5.89 Å². The van der Waals surface area contributed by atoms with Crippen LogP contribution in [0.5, 0.6) is 0 Å². The molecular formula is C17H15N7O. The highest BCUT2D eigenvalue weighted by atomic mass is 16.5. The zero-order valence-electron chi connectivity index (χ0n) is 13.5. The van der Waals surface area contributed by atoms with Crippen LogP contribution in [0.3, 0.4) is 0 Å². The van der Waals surface area contributed by atoms with Crippen molar-refractivity contribution in [1.82, 2.24) is 29.9 Å². The summed E-state index contributed by atoms with van der Waals surface area (Å²) in [7, 11) is 0. The second-order valence-corrected chi connectivity index (χ2v) is 5.40. The van der Waals surface area contributed by atoms with Crippen molar-refractivity contribution in [3.05, 3.63) is 66.6 Å². The number of nitrogens with zero attached hydrogens (tertiary/aromatic N) is 6. The van der Waals surface area contributed by atoms with Gasteiger partial charge in [0.1, 0.15) is 18.5 Å². The Morgan fingerprint density at radius 1 is 1.16 bits per heavy atom. The molecule has 8 nitrogen and oxygen atoms in total. The van der Waals surface area contributed by atoms with Gasteiger partial charge in [-0.2, -0.15) is 10.1 Å². The molecule has 0 unspecified atom stereocenters. The van der Waals surface area contributed by atoms with Crippen LogP contribution in [0, 0.1) is 6.92 Å². The van der Waals surface area contributed by atoms with Gasteiger partial charge in [0.15, 0.2) is 5.82 Å². The van der Waals surface area contributed by atoms with Crippen molar-refractivity contribution in [3.63, 3.8) is 0 Å². The first-order valence-electron chi connectivity index (χ1n) is 7.73. The molecule has 0 atom stereocenters. The number of rotatable bonds is 5. The lowest BCUT2D eigenvalue weighted by Crippen LogP contribution is -2.06. The molecule has 0 amide bonds. The van der Waals surface area contributed by atoms with Crippen LogP contribution in [0.1, 0.15) is 11.4 Å². The molecule has 0 aliphatic rings. The van der Waals surface area contributed by atoms with E-state index in [0.717, 1.165) is 22.6 Å². The molecule has 124 valence electrons. The molecule has 8 heteroatoms. The Hall–Kier alpha value is -3.55. The second-order valence-electron chi connectivity index (χ2n) is 5.40. The molecule has 3 aromatic heterocycles. The maximum absolute atomic E-state index is 5.14. The molecule has 0 aliphatic heterocycles. The summed E-state index contributed by atoms with van der Waals surface area (Å²) in [4.78, 5) is 12.6. The number of nitrogens with one attached hydrogen (secondary N) is 1. The lowest BCUT2D eigenvalue weighted by molar-refractivity contribution is 0.425. The van der Waals surface area contributed by atoms with Gasteiger partial charge < -0.3 is 9.84 Å². The van der Waals surface area contributed by atoms with E-state index < -0.39 is 0 Å². The molecule has 0 radical (unpaired) electrons. The zero-order valence-corrected chi connectivity index (χ0v) is 13.5. The number of hydrogen-bond donors (Lipinski definition) is 1. The first-order valence-corrected chi connectivity index (χ1v) is 7.73. The van der Waals surface area contributed by atoms with Crippen LogP contribution in [0.4, 0.5) is 5.82 Å². The van der Waals surface area contributed by atoms with Crippen LogP contribution in [0.2, 0.25) is 0 Å². The Morgan fingerprint density at radius 3 is 2.80 bits per heavy atom. The molecule has 0 saturated heterocycles. The summed E-state index contributed by atoms with van der Waals surface area (Å²) >= 11 is 0. The summed E-state index contributed by atoms with van der Waals surface area (Å²) in [5, 5.41) is 11.3. The van der Waals surface area contributed by atoms with Crippen molar-refractivity contribution in [2.45, 2.75) is 13.5 Å². The normalized spacial score (nSPS) is 10.8. The van der Waals surface area contributed by atoms with Crippen molar-refractivity contribution in [2.24, 2.45) is 0 Å². The summed E-state index contributed by atoms with van der Waals surface area (Å²) in [5.41, 5.74) is 2.85. The predicted octanol–water partition coefficient (Wildman–Crippen LogP) is 2.63. The molecule has 25 heavy (non-hydrogen) atoms. The quantitative estimate of drug-likeness (QED) is 0.600. The highest BCUT2D eigenvalue weighted by Crippen LogP contribution is 2.19. The number of aromatic nitrogens is 6. The van der Waals surface area contributed by atoms with E-state index in [2.05, 4.69) is 30.5 Å². The molecule has 0 aliphatic carbocycles. The maximum Gasteiger partial charge on any atom is 0.259 e. The molecule has 1 aromatic carbocycles. The number of benzene rings is 1. The molecule has 0 fully saturated rings. The van der Waals surface area contributed by atoms with Gasteiger partial charge in [0.2, 0.25) is 0 Å². The van der Waals surface area contributed by atoms with Crippen LogP contribution in [-0.2, 0) is 6.54 Å². The Kier molecular flexibility index (Phi) is 3.91. The first-order chi connectivity index (χ1) is 12.3. The number of pyridine rings is 1. The van der Waals surface area contributed by atoms with E-state index in [0.29, 0.717) is 18.3 Å². The van der Waals surface area contributed by atoms with Crippen molar-refractivity contribution in [1.29, 1.82) is 0 Å². The summed E-state index contributed by atoms with van der Waals surface area (Å²) in [6.45, 7) is 2.39. The van der Waals surface area contributed by atoms with E-state index >= 15 is 0 Å². The fourth-order valence-electron chi connectivity index (χ4n) is 2.44. The van der Waals surface area contributed by atoms with Gasteiger partial charge in [0, 0.05) is 12.7 Å². The standard InChI is InChI=1S/C17H15N7O/c1-12-22-17(25-23-12)14-6-7-16(20-9-14)19-8-13-4-2-3-5-15(13)24-11-18-10-21-24/h2-7,9-11H,8H2,1H3,(H,19,20). The van der Waals surface area contributed by atoms with E-state index in [1.54, 1.807) is 24.1 Å². The predicted molar refractivity (Wildman–Crippen MR) is 91.0 cm³/mol. The molecule has 4 aromatic rings. The number of anilines is 1. The van der Waals surface area contributed by atoms with Crippen molar-refractivity contribution < 1.29 is 4.52 Å². The van der Waals surface area contributed by atoms with Gasteiger partial charge in [-0.3, -0.25) is 0 Å². The van der Waals surface area contributed by atoms with Crippen LogP contribution >= 0.6 is 0 Å². The Bertz CT molecular complexity index is 961. The van der Waals surface area contributed by atoms with Gasteiger partial charge in [-0.05, 0) is 30.7 Å². The van der Waals surface area contributed by atoms with Gasteiger partial charge in [-0.25, -0.2) is 14.6 Å². The van der Waals surface area contributed by atoms with Crippen LogP contribution in [-0.4, -0.2) is 29.9 Å². The summed E-state index contributed by atoms with van der Waals surface area (Å²) < 4.78 is 6.88. The first kappa shape index (κ1) is 15.0. The third-order valence-corrected chi connectivity index (χ3v) is 3.66. The SMILES string of the molecule is Cc1noc(-c2ccc(NCc3ccccc3-n3cncn3)nc2)n1. The average Bonchev–Trinajstić information content (AvgIpc) is 3.32. The van der Waals surface area contributed by atoms with Gasteiger partial charge in [-0.15, -0.1) is 0 Å². The minimum absolute atomic E-state index is 0.466. The summed E-state index contributed by atoms with van der Waals surface area (Å²) in [6, 6.07) is 11.8. The molecule has 0 saturated carbocycles. The van der Waals surface area contributed by atoms with Gasteiger partial charge in [-0.1, -0.05) is 23.4 Å². The molecule has 0 bridgehead atoms. The van der Waals surface area contributed by atoms with E-state index in [1.807, 2.05) is 36.4 Å². The van der Waals surface area contributed by atoms with Crippen LogP contribution in [0.25, 0.3) is 17.1 Å². The van der Waals surface area contributed by atoms with Crippen molar-refractivity contribution in [2.75, 3.05) is 5.32 Å². The van der Waals surface area contributed by atoms with E-state index in [4.69, 9.17) is 4.52 Å². The third-order valence-electron chi connectivity index (χ3n) is 3.66. The molecule has 0 spiro atoms. The number of aryl methyl sites for hydroxylation is 1. The van der Waals surface area contributed by atoms with Crippen LogP contribution in [0.15, 0.2) is 59.8 Å². The lowest BCUT2D eigenvalue weighted by Gasteiger charge is -2.10. The van der Waals surface area contributed by atoms with Gasteiger partial charge in [0.05, 0.1) is 11.3 Å². The smallest absolute Gasteiger partial charge is 0.259 e. The Labute approximate surface area is 143 Å². The maximum atomic E-state index is 5.14. The Morgan fingerprint density at radius 2 is 2.08 bits per heavy atom. The minimum Gasteiger partial charge on any atom is -0.366 e.